The van der Waals surface area contributed by atoms with Crippen LogP contribution < -0.4 is 0 Å². The first-order chi connectivity index (χ1) is 7.21. The average Bonchev–Trinajstić information content (AvgIpc) is 2.27. The molecule has 3 heteroatoms. The molecule has 0 aliphatic rings. The van der Waals surface area contributed by atoms with E-state index in [0.29, 0.717) is 5.02 Å². The van der Waals surface area contributed by atoms with Crippen LogP contribution in [-0.4, -0.2) is 0 Å². The average molecular weight is 217 g/mol. The summed E-state index contributed by atoms with van der Waals surface area (Å²) in [5, 5.41) is 17.9. The molecule has 0 heterocycles. The number of nitrogens with zero attached hydrogens (tertiary/aromatic N) is 2. The number of aryl methyl sites for hydroxylation is 1. The Hall–Kier alpha value is -1.77. The highest BCUT2D eigenvalue weighted by Gasteiger charge is 2.01. The Morgan fingerprint density at radius 2 is 2.07 bits per heavy atom. The fraction of sp³-hybridized carbons (Fsp3) is 0.167. The van der Waals surface area contributed by atoms with Crippen molar-refractivity contribution in [3.05, 3.63) is 39.9 Å². The fourth-order valence-corrected chi connectivity index (χ4v) is 1.46. The summed E-state index contributed by atoms with van der Waals surface area (Å²) in [4.78, 5) is 0. The van der Waals surface area contributed by atoms with Gasteiger partial charge < -0.3 is 0 Å². The van der Waals surface area contributed by atoms with Gasteiger partial charge in [0.25, 0.3) is 0 Å². The van der Waals surface area contributed by atoms with E-state index < -0.39 is 0 Å². The molecule has 0 atom stereocenters. The minimum absolute atomic E-state index is 0.104. The summed E-state index contributed by atoms with van der Waals surface area (Å²) in [5.41, 5.74) is 2.01. The molecule has 0 radical (unpaired) electrons. The summed E-state index contributed by atoms with van der Waals surface area (Å²) in [6, 6.07) is 9.08. The molecular weight excluding hydrogens is 208 g/mol. The van der Waals surface area contributed by atoms with Crippen LogP contribution in [0.3, 0.4) is 0 Å². The van der Waals surface area contributed by atoms with Crippen molar-refractivity contribution >= 4 is 17.7 Å². The number of allylic oxidation sites excluding steroid dienone is 1. The van der Waals surface area contributed by atoms with E-state index >= 15 is 0 Å². The van der Waals surface area contributed by atoms with E-state index in [-0.39, 0.29) is 5.57 Å². The summed E-state index contributed by atoms with van der Waals surface area (Å²) < 4.78 is 0. The Kier molecular flexibility index (Phi) is 3.92. The van der Waals surface area contributed by atoms with Gasteiger partial charge in [-0.15, -0.1) is 0 Å². The third-order valence-electron chi connectivity index (χ3n) is 2.03. The first-order valence-corrected chi connectivity index (χ1v) is 4.89. The van der Waals surface area contributed by atoms with Crippen molar-refractivity contribution in [3.63, 3.8) is 0 Å². The van der Waals surface area contributed by atoms with Gasteiger partial charge in [-0.1, -0.05) is 24.6 Å². The fourth-order valence-electron chi connectivity index (χ4n) is 1.27. The van der Waals surface area contributed by atoms with E-state index in [0.717, 1.165) is 17.5 Å². The third kappa shape index (κ3) is 2.84. The van der Waals surface area contributed by atoms with Gasteiger partial charge in [0.05, 0.1) is 0 Å². The molecule has 1 aromatic carbocycles. The van der Waals surface area contributed by atoms with Gasteiger partial charge >= 0.3 is 0 Å². The van der Waals surface area contributed by atoms with Crippen molar-refractivity contribution in [2.75, 3.05) is 0 Å². The monoisotopic (exact) mass is 216 g/mol. The van der Waals surface area contributed by atoms with E-state index in [9.17, 15) is 0 Å². The molecule has 74 valence electrons. The topological polar surface area (TPSA) is 47.6 Å². The van der Waals surface area contributed by atoms with Gasteiger partial charge in [0.1, 0.15) is 17.7 Å². The normalized spacial score (nSPS) is 8.80. The van der Waals surface area contributed by atoms with Crippen LogP contribution in [0.4, 0.5) is 0 Å². The first kappa shape index (κ1) is 11.3. The largest absolute Gasteiger partial charge is 0.192 e. The van der Waals surface area contributed by atoms with E-state index in [1.165, 1.54) is 0 Å². The van der Waals surface area contributed by atoms with Gasteiger partial charge in [0.15, 0.2) is 0 Å². The molecule has 15 heavy (non-hydrogen) atoms. The second kappa shape index (κ2) is 5.20. The van der Waals surface area contributed by atoms with Crippen LogP contribution in [0.2, 0.25) is 5.02 Å². The molecule has 0 aromatic heterocycles. The zero-order chi connectivity index (χ0) is 11.3. The molecule has 0 saturated heterocycles. The Labute approximate surface area is 94.0 Å². The molecule has 0 fully saturated rings. The molecular formula is C12H9ClN2. The van der Waals surface area contributed by atoms with Crippen LogP contribution in [0.5, 0.6) is 0 Å². The standard InChI is InChI=1S/C12H9ClN2/c1-2-10-6-12(13)4-3-11(10)5-9(7-14)8-15/h3-6H,2H2,1H3. The van der Waals surface area contributed by atoms with E-state index in [2.05, 4.69) is 0 Å². The maximum absolute atomic E-state index is 8.64. The SMILES string of the molecule is CCc1cc(Cl)ccc1C=C(C#N)C#N. The molecule has 0 amide bonds. The van der Waals surface area contributed by atoms with Crippen molar-refractivity contribution in [2.24, 2.45) is 0 Å². The quantitative estimate of drug-likeness (QED) is 0.712. The van der Waals surface area contributed by atoms with Gasteiger partial charge in [-0.2, -0.15) is 10.5 Å². The zero-order valence-electron chi connectivity index (χ0n) is 8.29. The highest BCUT2D eigenvalue weighted by Crippen LogP contribution is 2.19. The van der Waals surface area contributed by atoms with Crippen LogP contribution >= 0.6 is 11.6 Å². The Morgan fingerprint density at radius 1 is 1.40 bits per heavy atom. The first-order valence-electron chi connectivity index (χ1n) is 4.51. The molecule has 1 aromatic rings. The van der Waals surface area contributed by atoms with Crippen LogP contribution in [0.15, 0.2) is 23.8 Å². The number of nitriles is 2. The molecule has 0 N–H and O–H groups in total. The Morgan fingerprint density at radius 3 is 2.60 bits per heavy atom. The van der Waals surface area contributed by atoms with Gasteiger partial charge in [0.2, 0.25) is 0 Å². The lowest BCUT2D eigenvalue weighted by Gasteiger charge is -2.03. The number of halogens is 1. The second-order valence-electron chi connectivity index (χ2n) is 2.98. The lowest BCUT2D eigenvalue weighted by molar-refractivity contribution is 1.13. The lowest BCUT2D eigenvalue weighted by atomic mass is 10.0. The maximum atomic E-state index is 8.64. The molecule has 0 unspecified atom stereocenters. The molecule has 0 aliphatic carbocycles. The lowest BCUT2D eigenvalue weighted by Crippen LogP contribution is -1.87. The molecule has 0 spiro atoms. The summed E-state index contributed by atoms with van der Waals surface area (Å²) >= 11 is 5.85. The third-order valence-corrected chi connectivity index (χ3v) is 2.26. The van der Waals surface area contributed by atoms with Crippen molar-refractivity contribution in [1.29, 1.82) is 10.5 Å². The minimum Gasteiger partial charge on any atom is -0.192 e. The van der Waals surface area contributed by atoms with Gasteiger partial charge in [-0.05, 0) is 35.8 Å². The summed E-state index contributed by atoms with van der Waals surface area (Å²) in [6.45, 7) is 2.00. The number of rotatable bonds is 2. The highest BCUT2D eigenvalue weighted by molar-refractivity contribution is 6.30. The molecule has 0 aliphatic heterocycles. The number of hydrogen-bond acceptors (Lipinski definition) is 2. The predicted molar refractivity (Wildman–Crippen MR) is 60.0 cm³/mol. The molecule has 0 bridgehead atoms. The van der Waals surface area contributed by atoms with Crippen LogP contribution in [0, 0.1) is 22.7 Å². The molecule has 0 saturated carbocycles. The maximum Gasteiger partial charge on any atom is 0.130 e. The van der Waals surface area contributed by atoms with Crippen LogP contribution in [-0.2, 0) is 6.42 Å². The van der Waals surface area contributed by atoms with E-state index in [1.54, 1.807) is 12.1 Å². The van der Waals surface area contributed by atoms with Crippen molar-refractivity contribution in [2.45, 2.75) is 13.3 Å². The minimum atomic E-state index is 0.104. The molecule has 2 nitrogen and oxygen atoms in total. The van der Waals surface area contributed by atoms with Crippen LogP contribution in [0.25, 0.3) is 6.08 Å². The Balaban J connectivity index is 3.23. The summed E-state index contributed by atoms with van der Waals surface area (Å²) in [7, 11) is 0. The number of hydrogen-bond donors (Lipinski definition) is 0. The van der Waals surface area contributed by atoms with Crippen molar-refractivity contribution in [1.82, 2.24) is 0 Å². The highest BCUT2D eigenvalue weighted by atomic mass is 35.5. The van der Waals surface area contributed by atoms with Gasteiger partial charge in [-0.3, -0.25) is 0 Å². The van der Waals surface area contributed by atoms with E-state index in [1.807, 2.05) is 31.2 Å². The predicted octanol–water partition coefficient (Wildman–Crippen LogP) is 3.33. The van der Waals surface area contributed by atoms with Gasteiger partial charge in [-0.25, -0.2) is 0 Å². The van der Waals surface area contributed by atoms with Gasteiger partial charge in [0, 0.05) is 5.02 Å². The summed E-state index contributed by atoms with van der Waals surface area (Å²) in [6.07, 6.45) is 2.39. The van der Waals surface area contributed by atoms with Crippen LogP contribution in [0.1, 0.15) is 18.1 Å². The zero-order valence-corrected chi connectivity index (χ0v) is 9.04. The number of benzene rings is 1. The second-order valence-corrected chi connectivity index (χ2v) is 3.41. The smallest absolute Gasteiger partial charge is 0.130 e. The molecule has 1 rings (SSSR count). The summed E-state index contributed by atoms with van der Waals surface area (Å²) in [5.74, 6) is 0. The Bertz CT molecular complexity index is 459. The van der Waals surface area contributed by atoms with E-state index in [4.69, 9.17) is 22.1 Å². The van der Waals surface area contributed by atoms with Crippen molar-refractivity contribution in [3.8, 4) is 12.1 Å². The van der Waals surface area contributed by atoms with Crippen molar-refractivity contribution < 1.29 is 0 Å².